The third-order valence-electron chi connectivity index (χ3n) is 1.81. The van der Waals surface area contributed by atoms with Gasteiger partial charge in [0.2, 0.25) is 0 Å². The molecule has 0 aliphatic carbocycles. The van der Waals surface area contributed by atoms with Crippen molar-refractivity contribution in [2.75, 3.05) is 13.6 Å². The molecule has 0 saturated carbocycles. The summed E-state index contributed by atoms with van der Waals surface area (Å²) >= 11 is 0. The summed E-state index contributed by atoms with van der Waals surface area (Å²) in [6.07, 6.45) is 1.37. The van der Waals surface area contributed by atoms with E-state index < -0.39 is 0 Å². The van der Waals surface area contributed by atoms with Crippen molar-refractivity contribution in [2.24, 2.45) is 17.6 Å². The average Bonchev–Trinajstić information content (AvgIpc) is 2.02. The van der Waals surface area contributed by atoms with Gasteiger partial charge in [0.1, 0.15) is 0 Å². The fourth-order valence-electron chi connectivity index (χ4n) is 1.32. The van der Waals surface area contributed by atoms with Gasteiger partial charge in [-0.15, -0.1) is 0 Å². The fraction of sp³-hybridized carbons (Fsp3) is 0.889. The molecule has 1 atom stereocenters. The van der Waals surface area contributed by atoms with Gasteiger partial charge in [-0.25, -0.2) is 0 Å². The van der Waals surface area contributed by atoms with Crippen LogP contribution in [0.4, 0.5) is 0 Å². The van der Waals surface area contributed by atoms with Crippen LogP contribution in [0, 0.1) is 11.8 Å². The predicted octanol–water partition coefficient (Wildman–Crippen LogP) is 0.675. The van der Waals surface area contributed by atoms with Gasteiger partial charge >= 0.3 is 5.97 Å². The van der Waals surface area contributed by atoms with Gasteiger partial charge in [0.25, 0.3) is 0 Å². The van der Waals surface area contributed by atoms with Crippen LogP contribution in [-0.2, 0) is 9.63 Å². The molecule has 0 saturated heterocycles. The van der Waals surface area contributed by atoms with E-state index in [2.05, 4.69) is 24.2 Å². The number of carbonyl (C=O) groups excluding carboxylic acids is 1. The van der Waals surface area contributed by atoms with Gasteiger partial charge in [-0.1, -0.05) is 13.8 Å². The maximum absolute atomic E-state index is 11.1. The van der Waals surface area contributed by atoms with E-state index in [1.165, 1.54) is 0 Å². The zero-order valence-electron chi connectivity index (χ0n) is 8.67. The van der Waals surface area contributed by atoms with Crippen molar-refractivity contribution in [3.05, 3.63) is 0 Å². The van der Waals surface area contributed by atoms with Crippen molar-refractivity contribution in [1.29, 1.82) is 0 Å². The molecule has 0 aromatic heterocycles. The van der Waals surface area contributed by atoms with Crippen molar-refractivity contribution in [1.82, 2.24) is 5.48 Å². The molecule has 0 aliphatic heterocycles. The van der Waals surface area contributed by atoms with Crippen molar-refractivity contribution in [3.8, 4) is 0 Å². The molecule has 13 heavy (non-hydrogen) atoms. The lowest BCUT2D eigenvalue weighted by Crippen LogP contribution is -2.23. The smallest absolute Gasteiger partial charge is 0.325 e. The van der Waals surface area contributed by atoms with E-state index in [1.54, 1.807) is 7.05 Å². The highest BCUT2D eigenvalue weighted by Crippen LogP contribution is 2.14. The second-order valence-electron chi connectivity index (χ2n) is 3.61. The van der Waals surface area contributed by atoms with Gasteiger partial charge in [0, 0.05) is 7.05 Å². The summed E-state index contributed by atoms with van der Waals surface area (Å²) in [6.45, 7) is 4.77. The van der Waals surface area contributed by atoms with Crippen LogP contribution in [0.15, 0.2) is 0 Å². The zero-order chi connectivity index (χ0) is 10.3. The van der Waals surface area contributed by atoms with E-state index in [4.69, 9.17) is 5.73 Å². The number of rotatable bonds is 6. The normalized spacial score (nSPS) is 13.0. The van der Waals surface area contributed by atoms with Crippen LogP contribution in [0.1, 0.15) is 26.7 Å². The molecule has 3 N–H and O–H groups in total. The number of hydrogen-bond donors (Lipinski definition) is 2. The molecule has 4 heteroatoms. The van der Waals surface area contributed by atoms with E-state index in [9.17, 15) is 4.79 Å². The lowest BCUT2D eigenvalue weighted by molar-refractivity contribution is -0.151. The highest BCUT2D eigenvalue weighted by molar-refractivity contribution is 5.69. The summed E-state index contributed by atoms with van der Waals surface area (Å²) in [5.74, 6) is 0.565. The first-order chi connectivity index (χ1) is 6.10. The summed E-state index contributed by atoms with van der Waals surface area (Å²) in [5, 5.41) is 0. The van der Waals surface area contributed by atoms with Crippen LogP contribution < -0.4 is 11.2 Å². The molecule has 0 aromatic carbocycles. The lowest BCUT2D eigenvalue weighted by Gasteiger charge is -2.15. The van der Waals surface area contributed by atoms with Crippen LogP contribution in [0.5, 0.6) is 0 Å². The zero-order valence-corrected chi connectivity index (χ0v) is 8.67. The number of hydroxylamine groups is 1. The first-order valence-electron chi connectivity index (χ1n) is 4.66. The van der Waals surface area contributed by atoms with E-state index in [1.807, 2.05) is 0 Å². The second kappa shape index (κ2) is 6.86. The monoisotopic (exact) mass is 188 g/mol. The minimum atomic E-state index is -0.237. The lowest BCUT2D eigenvalue weighted by atomic mass is 9.94. The van der Waals surface area contributed by atoms with E-state index >= 15 is 0 Å². The second-order valence-corrected chi connectivity index (χ2v) is 3.61. The van der Waals surface area contributed by atoms with E-state index in [0.717, 1.165) is 6.42 Å². The molecule has 4 nitrogen and oxygen atoms in total. The number of hydrogen-bond acceptors (Lipinski definition) is 4. The van der Waals surface area contributed by atoms with Gasteiger partial charge in [0.05, 0.1) is 6.42 Å². The SMILES string of the molecule is CNOC(=O)C[C@@H](CN)CC(C)C. The summed E-state index contributed by atoms with van der Waals surface area (Å²) in [5.41, 5.74) is 7.90. The van der Waals surface area contributed by atoms with Crippen molar-refractivity contribution in [3.63, 3.8) is 0 Å². The molecule has 78 valence electrons. The van der Waals surface area contributed by atoms with Gasteiger partial charge in [0.15, 0.2) is 0 Å². The molecule has 0 fully saturated rings. The molecular formula is C9H20N2O2. The minimum absolute atomic E-state index is 0.237. The van der Waals surface area contributed by atoms with E-state index in [-0.39, 0.29) is 11.9 Å². The van der Waals surface area contributed by atoms with Crippen LogP contribution in [0.2, 0.25) is 0 Å². The van der Waals surface area contributed by atoms with Crippen LogP contribution in [0.25, 0.3) is 0 Å². The van der Waals surface area contributed by atoms with Gasteiger partial charge in [-0.05, 0) is 24.8 Å². The van der Waals surface area contributed by atoms with Crippen molar-refractivity contribution >= 4 is 5.97 Å². The Morgan fingerprint density at radius 2 is 2.15 bits per heavy atom. The highest BCUT2D eigenvalue weighted by atomic mass is 16.7. The molecule has 0 rings (SSSR count). The van der Waals surface area contributed by atoms with Gasteiger partial charge in [-0.3, -0.25) is 4.79 Å². The Kier molecular flexibility index (Phi) is 6.54. The molecule has 0 spiro atoms. The number of nitrogens with one attached hydrogen (secondary N) is 1. The first kappa shape index (κ1) is 12.4. The third kappa shape index (κ3) is 6.54. The van der Waals surface area contributed by atoms with Gasteiger partial charge in [-0.2, -0.15) is 5.48 Å². The molecule has 0 heterocycles. The van der Waals surface area contributed by atoms with Crippen LogP contribution in [-0.4, -0.2) is 19.6 Å². The molecule has 0 amide bonds. The Morgan fingerprint density at radius 1 is 1.54 bits per heavy atom. The Balaban J connectivity index is 3.76. The number of nitrogens with two attached hydrogens (primary N) is 1. The molecular weight excluding hydrogens is 168 g/mol. The molecule has 0 bridgehead atoms. The summed E-state index contributed by atoms with van der Waals surface area (Å²) in [7, 11) is 1.57. The van der Waals surface area contributed by atoms with Crippen LogP contribution >= 0.6 is 0 Å². The Labute approximate surface area is 79.8 Å². The fourth-order valence-corrected chi connectivity index (χ4v) is 1.32. The Hall–Kier alpha value is -0.610. The maximum Gasteiger partial charge on any atom is 0.325 e. The average molecular weight is 188 g/mol. The minimum Gasteiger partial charge on any atom is -0.371 e. The van der Waals surface area contributed by atoms with Crippen molar-refractivity contribution in [2.45, 2.75) is 26.7 Å². The largest absolute Gasteiger partial charge is 0.371 e. The molecule has 0 aliphatic rings. The van der Waals surface area contributed by atoms with E-state index in [0.29, 0.717) is 18.9 Å². The standard InChI is InChI=1S/C9H20N2O2/c1-7(2)4-8(6-10)5-9(12)13-11-3/h7-8,11H,4-6,10H2,1-3H3/t8-/m0/s1. The quantitative estimate of drug-likeness (QED) is 0.601. The van der Waals surface area contributed by atoms with Crippen molar-refractivity contribution < 1.29 is 9.63 Å². The van der Waals surface area contributed by atoms with Gasteiger partial charge < -0.3 is 10.6 Å². The summed E-state index contributed by atoms with van der Waals surface area (Å²) in [4.78, 5) is 15.7. The molecule has 0 unspecified atom stereocenters. The summed E-state index contributed by atoms with van der Waals surface area (Å²) < 4.78 is 0. The third-order valence-corrected chi connectivity index (χ3v) is 1.81. The Morgan fingerprint density at radius 3 is 2.54 bits per heavy atom. The maximum atomic E-state index is 11.1. The summed E-state index contributed by atoms with van der Waals surface area (Å²) in [6, 6.07) is 0. The molecule has 0 aromatic rings. The number of carbonyl (C=O) groups is 1. The first-order valence-corrected chi connectivity index (χ1v) is 4.66. The topological polar surface area (TPSA) is 64.3 Å². The predicted molar refractivity (Wildman–Crippen MR) is 51.8 cm³/mol. The molecule has 0 radical (unpaired) electrons. The van der Waals surface area contributed by atoms with Crippen LogP contribution in [0.3, 0.4) is 0 Å². The highest BCUT2D eigenvalue weighted by Gasteiger charge is 2.14. The Bertz CT molecular complexity index is 149.